The first kappa shape index (κ1) is 19.5. The van der Waals surface area contributed by atoms with Crippen LogP contribution in [0.4, 0.5) is 0 Å². The van der Waals surface area contributed by atoms with Crippen molar-refractivity contribution in [1.29, 1.82) is 0 Å². The standard InChI is InChI=1S/C20H29N3OS/c1-16(2)24-15-18-8-5-7-17(13-18)14-22-20(21-3)23(4)11-10-19-9-6-12-25-19/h5-9,12-13,16H,10-11,14-15H2,1-4H3,(H,21,22). The van der Waals surface area contributed by atoms with Crippen molar-refractivity contribution >= 4 is 17.3 Å². The molecule has 136 valence electrons. The van der Waals surface area contributed by atoms with Gasteiger partial charge in [-0.05, 0) is 42.8 Å². The molecule has 1 aromatic heterocycles. The molecule has 5 heteroatoms. The molecule has 0 saturated carbocycles. The molecule has 2 rings (SSSR count). The molecule has 1 N–H and O–H groups in total. The minimum atomic E-state index is 0.248. The minimum Gasteiger partial charge on any atom is -0.374 e. The first-order valence-corrected chi connectivity index (χ1v) is 9.60. The van der Waals surface area contributed by atoms with Gasteiger partial charge < -0.3 is 15.0 Å². The Hall–Kier alpha value is -1.85. The van der Waals surface area contributed by atoms with E-state index in [0.717, 1.165) is 25.5 Å². The Morgan fingerprint density at radius 3 is 2.72 bits per heavy atom. The molecule has 1 heterocycles. The summed E-state index contributed by atoms with van der Waals surface area (Å²) in [6.07, 6.45) is 1.29. The van der Waals surface area contributed by atoms with Gasteiger partial charge in [0.05, 0.1) is 12.7 Å². The van der Waals surface area contributed by atoms with Gasteiger partial charge in [0.15, 0.2) is 5.96 Å². The van der Waals surface area contributed by atoms with Crippen molar-refractivity contribution in [2.45, 2.75) is 39.5 Å². The van der Waals surface area contributed by atoms with E-state index in [0.29, 0.717) is 6.61 Å². The number of hydrogen-bond donors (Lipinski definition) is 1. The number of benzene rings is 1. The lowest BCUT2D eigenvalue weighted by Gasteiger charge is -2.22. The molecule has 25 heavy (non-hydrogen) atoms. The summed E-state index contributed by atoms with van der Waals surface area (Å²) in [7, 11) is 3.91. The average Bonchev–Trinajstić information content (AvgIpc) is 3.12. The van der Waals surface area contributed by atoms with Gasteiger partial charge in [0, 0.05) is 32.1 Å². The van der Waals surface area contributed by atoms with Crippen molar-refractivity contribution in [3.63, 3.8) is 0 Å². The second-order valence-corrected chi connectivity index (χ2v) is 7.36. The van der Waals surface area contributed by atoms with Crippen molar-refractivity contribution < 1.29 is 4.74 Å². The van der Waals surface area contributed by atoms with E-state index in [4.69, 9.17) is 4.74 Å². The highest BCUT2D eigenvalue weighted by atomic mass is 32.1. The lowest BCUT2D eigenvalue weighted by Crippen LogP contribution is -2.39. The van der Waals surface area contributed by atoms with Crippen LogP contribution in [0.5, 0.6) is 0 Å². The Morgan fingerprint density at radius 1 is 1.24 bits per heavy atom. The molecule has 4 nitrogen and oxygen atoms in total. The maximum atomic E-state index is 5.68. The van der Waals surface area contributed by atoms with Crippen LogP contribution in [0.25, 0.3) is 0 Å². The maximum Gasteiger partial charge on any atom is 0.193 e. The van der Waals surface area contributed by atoms with E-state index in [2.05, 4.69) is 77.9 Å². The molecule has 0 aliphatic heterocycles. The molecule has 0 saturated heterocycles. The predicted octanol–water partition coefficient (Wildman–Crippen LogP) is 3.92. The Balaban J connectivity index is 1.84. The zero-order valence-electron chi connectivity index (χ0n) is 15.7. The highest BCUT2D eigenvalue weighted by Gasteiger charge is 2.07. The van der Waals surface area contributed by atoms with Gasteiger partial charge in [0.25, 0.3) is 0 Å². The summed E-state index contributed by atoms with van der Waals surface area (Å²) in [6.45, 7) is 6.47. The van der Waals surface area contributed by atoms with Crippen molar-refractivity contribution in [2.75, 3.05) is 20.6 Å². The SMILES string of the molecule is CN=C(NCc1cccc(COC(C)C)c1)N(C)CCc1cccs1. The predicted molar refractivity (Wildman–Crippen MR) is 107 cm³/mol. The van der Waals surface area contributed by atoms with Crippen LogP contribution in [-0.2, 0) is 24.3 Å². The van der Waals surface area contributed by atoms with Crippen molar-refractivity contribution in [2.24, 2.45) is 4.99 Å². The number of thiophene rings is 1. The second kappa shape index (κ2) is 10.2. The number of hydrogen-bond acceptors (Lipinski definition) is 3. The van der Waals surface area contributed by atoms with E-state index in [9.17, 15) is 0 Å². The van der Waals surface area contributed by atoms with Crippen LogP contribution in [0.2, 0.25) is 0 Å². The molecule has 0 bridgehead atoms. The number of ether oxygens (including phenoxy) is 1. The Bertz CT molecular complexity index is 653. The van der Waals surface area contributed by atoms with Crippen LogP contribution in [0, 0.1) is 0 Å². The minimum absolute atomic E-state index is 0.248. The zero-order valence-corrected chi connectivity index (χ0v) is 16.5. The van der Waals surface area contributed by atoms with Gasteiger partial charge in [-0.2, -0.15) is 0 Å². The summed E-state index contributed by atoms with van der Waals surface area (Å²) < 4.78 is 5.68. The van der Waals surface area contributed by atoms with Crippen LogP contribution >= 0.6 is 11.3 Å². The fraction of sp³-hybridized carbons (Fsp3) is 0.450. The van der Waals surface area contributed by atoms with Crippen LogP contribution in [0.1, 0.15) is 29.9 Å². The van der Waals surface area contributed by atoms with E-state index in [1.54, 1.807) is 11.3 Å². The molecule has 0 spiro atoms. The molecule has 2 aromatic rings. The highest BCUT2D eigenvalue weighted by Crippen LogP contribution is 2.10. The number of rotatable bonds is 8. The average molecular weight is 360 g/mol. The van der Waals surface area contributed by atoms with E-state index >= 15 is 0 Å². The molecule has 0 unspecified atom stereocenters. The Labute approximate surface area is 155 Å². The quantitative estimate of drug-likeness (QED) is 0.573. The van der Waals surface area contributed by atoms with Gasteiger partial charge in [-0.1, -0.05) is 30.3 Å². The molecule has 0 fully saturated rings. The zero-order chi connectivity index (χ0) is 18.1. The van der Waals surface area contributed by atoms with Gasteiger partial charge in [0.2, 0.25) is 0 Å². The maximum absolute atomic E-state index is 5.68. The van der Waals surface area contributed by atoms with Crippen LogP contribution in [0.15, 0.2) is 46.8 Å². The van der Waals surface area contributed by atoms with Gasteiger partial charge in [-0.3, -0.25) is 4.99 Å². The van der Waals surface area contributed by atoms with Crippen molar-refractivity contribution in [1.82, 2.24) is 10.2 Å². The van der Waals surface area contributed by atoms with E-state index < -0.39 is 0 Å². The normalized spacial score (nSPS) is 11.8. The van der Waals surface area contributed by atoms with E-state index in [1.807, 2.05) is 7.05 Å². The highest BCUT2D eigenvalue weighted by molar-refractivity contribution is 7.09. The van der Waals surface area contributed by atoms with Crippen LogP contribution in [-0.4, -0.2) is 37.6 Å². The largest absolute Gasteiger partial charge is 0.374 e. The molecule has 0 atom stereocenters. The Kier molecular flexibility index (Phi) is 7.95. The number of likely N-dealkylation sites (N-methyl/N-ethyl adjacent to an activating group) is 1. The van der Waals surface area contributed by atoms with E-state index in [-0.39, 0.29) is 6.10 Å². The molecule has 0 aliphatic rings. The van der Waals surface area contributed by atoms with Gasteiger partial charge in [-0.15, -0.1) is 11.3 Å². The third kappa shape index (κ3) is 6.88. The summed E-state index contributed by atoms with van der Waals surface area (Å²) in [5, 5.41) is 5.57. The van der Waals surface area contributed by atoms with Crippen LogP contribution < -0.4 is 5.32 Å². The van der Waals surface area contributed by atoms with Crippen molar-refractivity contribution in [3.05, 3.63) is 57.8 Å². The van der Waals surface area contributed by atoms with Gasteiger partial charge in [0.1, 0.15) is 0 Å². The summed E-state index contributed by atoms with van der Waals surface area (Å²) in [5.74, 6) is 0.917. The topological polar surface area (TPSA) is 36.9 Å². The summed E-state index contributed by atoms with van der Waals surface area (Å²) in [5.41, 5.74) is 2.44. The fourth-order valence-electron chi connectivity index (χ4n) is 2.50. The smallest absolute Gasteiger partial charge is 0.193 e. The molecule has 0 amide bonds. The second-order valence-electron chi connectivity index (χ2n) is 6.33. The van der Waals surface area contributed by atoms with Gasteiger partial charge in [-0.25, -0.2) is 0 Å². The molecular weight excluding hydrogens is 330 g/mol. The Morgan fingerprint density at radius 2 is 2.04 bits per heavy atom. The number of nitrogens with zero attached hydrogens (tertiary/aromatic N) is 2. The lowest BCUT2D eigenvalue weighted by molar-refractivity contribution is 0.0657. The van der Waals surface area contributed by atoms with Crippen molar-refractivity contribution in [3.8, 4) is 0 Å². The van der Waals surface area contributed by atoms with E-state index in [1.165, 1.54) is 16.0 Å². The molecular formula is C20H29N3OS. The van der Waals surface area contributed by atoms with Crippen LogP contribution in [0.3, 0.4) is 0 Å². The molecule has 1 aromatic carbocycles. The number of nitrogens with one attached hydrogen (secondary N) is 1. The third-order valence-corrected chi connectivity index (χ3v) is 4.81. The van der Waals surface area contributed by atoms with Gasteiger partial charge >= 0.3 is 0 Å². The third-order valence-electron chi connectivity index (χ3n) is 3.87. The number of aliphatic imine (C=N–C) groups is 1. The first-order chi connectivity index (χ1) is 12.1. The fourth-order valence-corrected chi connectivity index (χ4v) is 3.19. The first-order valence-electron chi connectivity index (χ1n) is 8.72. The summed E-state index contributed by atoms with van der Waals surface area (Å²) in [6, 6.07) is 12.8. The monoisotopic (exact) mass is 359 g/mol. The lowest BCUT2D eigenvalue weighted by atomic mass is 10.1. The summed E-state index contributed by atoms with van der Waals surface area (Å²) >= 11 is 1.80. The molecule has 0 aliphatic carbocycles. The molecule has 0 radical (unpaired) electrons. The summed E-state index contributed by atoms with van der Waals surface area (Å²) in [4.78, 5) is 7.97. The number of guanidine groups is 1.